The van der Waals surface area contributed by atoms with E-state index in [1.54, 1.807) is 0 Å². The lowest BCUT2D eigenvalue weighted by Crippen LogP contribution is -2.48. The van der Waals surface area contributed by atoms with E-state index < -0.39 is 0 Å². The average molecular weight is 318 g/mol. The zero-order chi connectivity index (χ0) is 14.9. The van der Waals surface area contributed by atoms with Crippen molar-refractivity contribution < 1.29 is 9.47 Å². The Morgan fingerprint density at radius 1 is 1.18 bits per heavy atom. The van der Waals surface area contributed by atoms with Gasteiger partial charge in [-0.1, -0.05) is 18.6 Å². The van der Waals surface area contributed by atoms with Crippen molar-refractivity contribution in [2.45, 2.75) is 37.8 Å². The van der Waals surface area contributed by atoms with Crippen molar-refractivity contribution in [3.8, 4) is 11.5 Å². The van der Waals surface area contributed by atoms with Crippen LogP contribution in [0.3, 0.4) is 0 Å². The summed E-state index contributed by atoms with van der Waals surface area (Å²) in [5, 5.41) is 7.53. The molecule has 0 unspecified atom stereocenters. The van der Waals surface area contributed by atoms with E-state index in [2.05, 4.69) is 10.6 Å². The number of hydrogen-bond donors (Lipinski definition) is 2. The molecule has 1 aliphatic heterocycles. The molecule has 2 aliphatic carbocycles. The molecule has 0 amide bonds. The summed E-state index contributed by atoms with van der Waals surface area (Å²) < 4.78 is 11.6. The summed E-state index contributed by atoms with van der Waals surface area (Å²) in [6, 6.07) is 8.35. The molecule has 1 heterocycles. The first-order valence-corrected chi connectivity index (χ1v) is 8.61. The molecule has 0 aromatic heterocycles. The Morgan fingerprint density at radius 3 is 2.82 bits per heavy atom. The minimum absolute atomic E-state index is 0.00493. The van der Waals surface area contributed by atoms with E-state index in [0.29, 0.717) is 19.2 Å². The van der Waals surface area contributed by atoms with E-state index in [0.717, 1.165) is 28.4 Å². The molecule has 118 valence electrons. The standard InChI is InChI=1S/C17H22N2O2S/c22-17(19-14-8-11-5-6-12(14)7-11)18-9-13-10-20-15-3-1-2-4-16(15)21-13/h1-4,11-14H,5-10H2,(H2,18,19,22)/t11-,12-,13+,14-/m1/s1. The second-order valence-electron chi connectivity index (χ2n) is 6.63. The average Bonchev–Trinajstić information content (AvgIpc) is 3.15. The molecule has 2 bridgehead atoms. The van der Waals surface area contributed by atoms with Crippen LogP contribution in [0.2, 0.25) is 0 Å². The summed E-state index contributed by atoms with van der Waals surface area (Å²) in [5.41, 5.74) is 0. The Balaban J connectivity index is 1.24. The molecule has 2 N–H and O–H groups in total. The van der Waals surface area contributed by atoms with Gasteiger partial charge < -0.3 is 20.1 Å². The Bertz CT molecular complexity index is 565. The predicted octanol–water partition coefficient (Wildman–Crippen LogP) is 2.48. The van der Waals surface area contributed by atoms with Gasteiger partial charge in [-0.15, -0.1) is 0 Å². The number of nitrogens with one attached hydrogen (secondary N) is 2. The molecule has 0 saturated heterocycles. The van der Waals surface area contributed by atoms with Gasteiger partial charge in [0.05, 0.1) is 6.54 Å². The summed E-state index contributed by atoms with van der Waals surface area (Å²) >= 11 is 5.43. The van der Waals surface area contributed by atoms with Crippen molar-refractivity contribution in [2.75, 3.05) is 13.2 Å². The summed E-state index contributed by atoms with van der Waals surface area (Å²) in [6.45, 7) is 1.22. The van der Waals surface area contributed by atoms with Crippen molar-refractivity contribution in [3.63, 3.8) is 0 Å². The zero-order valence-electron chi connectivity index (χ0n) is 12.6. The minimum Gasteiger partial charge on any atom is -0.486 e. The first kappa shape index (κ1) is 14.1. The fourth-order valence-corrected chi connectivity index (χ4v) is 4.25. The quantitative estimate of drug-likeness (QED) is 0.838. The molecule has 1 aromatic carbocycles. The number of benzene rings is 1. The van der Waals surface area contributed by atoms with Gasteiger partial charge in [-0.3, -0.25) is 0 Å². The second-order valence-corrected chi connectivity index (χ2v) is 7.04. The highest BCUT2D eigenvalue weighted by Crippen LogP contribution is 2.44. The predicted molar refractivity (Wildman–Crippen MR) is 89.3 cm³/mol. The highest BCUT2D eigenvalue weighted by Gasteiger charge is 2.39. The number of rotatable bonds is 3. The van der Waals surface area contributed by atoms with E-state index in [4.69, 9.17) is 21.7 Å². The molecular formula is C17H22N2O2S. The number of para-hydroxylation sites is 2. The lowest BCUT2D eigenvalue weighted by atomic mass is 9.96. The first-order valence-electron chi connectivity index (χ1n) is 8.21. The molecule has 3 aliphatic rings. The maximum absolute atomic E-state index is 5.93. The largest absolute Gasteiger partial charge is 0.486 e. The van der Waals surface area contributed by atoms with Gasteiger partial charge >= 0.3 is 0 Å². The summed E-state index contributed by atoms with van der Waals surface area (Å²) in [6.07, 6.45) is 5.44. The Labute approximate surface area is 136 Å². The van der Waals surface area contributed by atoms with Crippen LogP contribution in [0.5, 0.6) is 11.5 Å². The smallest absolute Gasteiger partial charge is 0.166 e. The van der Waals surface area contributed by atoms with Crippen LogP contribution in [0.25, 0.3) is 0 Å². The summed E-state index contributed by atoms with van der Waals surface area (Å²) in [4.78, 5) is 0. The fourth-order valence-electron chi connectivity index (χ4n) is 4.01. The van der Waals surface area contributed by atoms with E-state index in [-0.39, 0.29) is 6.10 Å². The highest BCUT2D eigenvalue weighted by molar-refractivity contribution is 7.80. The normalized spacial score (nSPS) is 31.8. The molecule has 2 fully saturated rings. The molecular weight excluding hydrogens is 296 g/mol. The SMILES string of the molecule is S=C(NC[C@H]1COc2ccccc2O1)N[C@@H]1C[C@@H]2CC[C@@H]1C2. The van der Waals surface area contributed by atoms with Crippen LogP contribution in [0.15, 0.2) is 24.3 Å². The van der Waals surface area contributed by atoms with Gasteiger partial charge in [-0.25, -0.2) is 0 Å². The maximum atomic E-state index is 5.93. The van der Waals surface area contributed by atoms with Crippen molar-refractivity contribution >= 4 is 17.3 Å². The van der Waals surface area contributed by atoms with Gasteiger partial charge in [0.15, 0.2) is 16.6 Å². The van der Waals surface area contributed by atoms with Gasteiger partial charge in [-0.2, -0.15) is 0 Å². The van der Waals surface area contributed by atoms with Crippen molar-refractivity contribution in [1.29, 1.82) is 0 Å². The monoisotopic (exact) mass is 318 g/mol. The Hall–Kier alpha value is -1.49. The van der Waals surface area contributed by atoms with Gasteiger partial charge in [-0.05, 0) is 55.4 Å². The van der Waals surface area contributed by atoms with Crippen LogP contribution in [0.4, 0.5) is 0 Å². The molecule has 4 nitrogen and oxygen atoms in total. The van der Waals surface area contributed by atoms with Crippen molar-refractivity contribution in [3.05, 3.63) is 24.3 Å². The van der Waals surface area contributed by atoms with Crippen LogP contribution < -0.4 is 20.1 Å². The Kier molecular flexibility index (Phi) is 3.82. The molecule has 22 heavy (non-hydrogen) atoms. The molecule has 2 saturated carbocycles. The molecule has 4 atom stereocenters. The van der Waals surface area contributed by atoms with Crippen molar-refractivity contribution in [1.82, 2.24) is 10.6 Å². The first-order chi connectivity index (χ1) is 10.8. The molecule has 4 rings (SSSR count). The number of ether oxygens (including phenoxy) is 2. The van der Waals surface area contributed by atoms with E-state index in [1.807, 2.05) is 24.3 Å². The van der Waals surface area contributed by atoms with Gasteiger partial charge in [0, 0.05) is 6.04 Å². The van der Waals surface area contributed by atoms with Crippen LogP contribution >= 0.6 is 12.2 Å². The molecule has 0 radical (unpaired) electrons. The topological polar surface area (TPSA) is 42.5 Å². The third kappa shape index (κ3) is 2.86. The lowest BCUT2D eigenvalue weighted by molar-refractivity contribution is 0.0937. The minimum atomic E-state index is -0.00493. The number of thiocarbonyl (C=S) groups is 1. The Morgan fingerprint density at radius 2 is 2.05 bits per heavy atom. The third-order valence-corrected chi connectivity index (χ3v) is 5.37. The summed E-state index contributed by atoms with van der Waals surface area (Å²) in [7, 11) is 0. The molecule has 1 aromatic rings. The highest BCUT2D eigenvalue weighted by atomic mass is 32.1. The third-order valence-electron chi connectivity index (χ3n) is 5.11. The van der Waals surface area contributed by atoms with Crippen LogP contribution in [0, 0.1) is 11.8 Å². The van der Waals surface area contributed by atoms with E-state index in [1.165, 1.54) is 25.7 Å². The van der Waals surface area contributed by atoms with Crippen LogP contribution in [0.1, 0.15) is 25.7 Å². The lowest BCUT2D eigenvalue weighted by Gasteiger charge is -2.28. The van der Waals surface area contributed by atoms with Gasteiger partial charge in [0.25, 0.3) is 0 Å². The molecule has 0 spiro atoms. The number of fused-ring (bicyclic) bond motifs is 3. The van der Waals surface area contributed by atoms with Gasteiger partial charge in [0.2, 0.25) is 0 Å². The van der Waals surface area contributed by atoms with Crippen molar-refractivity contribution in [2.24, 2.45) is 11.8 Å². The molecule has 5 heteroatoms. The van der Waals surface area contributed by atoms with E-state index >= 15 is 0 Å². The number of hydrogen-bond acceptors (Lipinski definition) is 3. The van der Waals surface area contributed by atoms with Gasteiger partial charge in [0.1, 0.15) is 12.7 Å². The fraction of sp³-hybridized carbons (Fsp3) is 0.588. The maximum Gasteiger partial charge on any atom is 0.166 e. The van der Waals surface area contributed by atoms with Crippen LogP contribution in [-0.2, 0) is 0 Å². The second kappa shape index (κ2) is 5.95. The van der Waals surface area contributed by atoms with Crippen LogP contribution in [-0.4, -0.2) is 30.4 Å². The van der Waals surface area contributed by atoms with E-state index in [9.17, 15) is 0 Å². The zero-order valence-corrected chi connectivity index (χ0v) is 13.4. The summed E-state index contributed by atoms with van der Waals surface area (Å²) in [5.74, 6) is 3.39.